The van der Waals surface area contributed by atoms with Gasteiger partial charge >= 0.3 is 0 Å². The molecule has 0 aliphatic rings. The maximum atomic E-state index is 11.2. The third-order valence-electron chi connectivity index (χ3n) is 3.58. The SMILES string of the molecule is C=CCCCCCCCCCOc1ccc(C(C)=O)cc1. The van der Waals surface area contributed by atoms with Crippen LogP contribution < -0.4 is 4.74 Å². The molecule has 0 aliphatic carbocycles. The fraction of sp³-hybridized carbons (Fsp3) is 0.526. The molecule has 1 rings (SSSR count). The Hall–Kier alpha value is -1.57. The molecular weight excluding hydrogens is 260 g/mol. The van der Waals surface area contributed by atoms with E-state index in [4.69, 9.17) is 4.74 Å². The van der Waals surface area contributed by atoms with Crippen LogP contribution in [0, 0.1) is 0 Å². The maximum absolute atomic E-state index is 11.2. The number of unbranched alkanes of at least 4 members (excludes halogenated alkanes) is 7. The Kier molecular flexibility index (Phi) is 9.26. The number of rotatable bonds is 12. The van der Waals surface area contributed by atoms with Crippen LogP contribution in [0.15, 0.2) is 36.9 Å². The van der Waals surface area contributed by atoms with E-state index in [1.54, 1.807) is 6.92 Å². The van der Waals surface area contributed by atoms with Crippen molar-refractivity contribution in [2.75, 3.05) is 6.61 Å². The summed E-state index contributed by atoms with van der Waals surface area (Å²) in [4.78, 5) is 11.2. The Morgan fingerprint density at radius 1 is 1.00 bits per heavy atom. The molecule has 0 spiro atoms. The van der Waals surface area contributed by atoms with Gasteiger partial charge in [0.25, 0.3) is 0 Å². The minimum atomic E-state index is 0.0923. The van der Waals surface area contributed by atoms with Crippen molar-refractivity contribution >= 4 is 5.78 Å². The molecule has 2 heteroatoms. The van der Waals surface area contributed by atoms with Gasteiger partial charge in [-0.05, 0) is 50.5 Å². The number of allylic oxidation sites excluding steroid dienone is 1. The number of benzene rings is 1. The van der Waals surface area contributed by atoms with Gasteiger partial charge in [0.15, 0.2) is 5.78 Å². The Morgan fingerprint density at radius 3 is 2.14 bits per heavy atom. The van der Waals surface area contributed by atoms with E-state index < -0.39 is 0 Å². The number of ketones is 1. The number of ether oxygens (including phenoxy) is 1. The summed E-state index contributed by atoms with van der Waals surface area (Å²) in [5.41, 5.74) is 0.735. The summed E-state index contributed by atoms with van der Waals surface area (Å²) in [7, 11) is 0. The molecule has 0 saturated heterocycles. The van der Waals surface area contributed by atoms with Gasteiger partial charge in [-0.1, -0.05) is 38.2 Å². The smallest absolute Gasteiger partial charge is 0.159 e. The maximum Gasteiger partial charge on any atom is 0.159 e. The van der Waals surface area contributed by atoms with Crippen molar-refractivity contribution in [1.82, 2.24) is 0 Å². The third kappa shape index (κ3) is 8.34. The van der Waals surface area contributed by atoms with E-state index in [0.717, 1.165) is 30.8 Å². The van der Waals surface area contributed by atoms with Gasteiger partial charge < -0.3 is 4.74 Å². The summed E-state index contributed by atoms with van der Waals surface area (Å²) < 4.78 is 5.68. The van der Waals surface area contributed by atoms with Gasteiger partial charge in [-0.2, -0.15) is 0 Å². The predicted molar refractivity (Wildman–Crippen MR) is 89.1 cm³/mol. The van der Waals surface area contributed by atoms with Crippen molar-refractivity contribution in [2.45, 2.75) is 58.3 Å². The summed E-state index contributed by atoms with van der Waals surface area (Å²) in [5, 5.41) is 0. The number of hydrogen-bond donors (Lipinski definition) is 0. The third-order valence-corrected chi connectivity index (χ3v) is 3.58. The Morgan fingerprint density at radius 2 is 1.57 bits per heavy atom. The standard InChI is InChI=1S/C19H28O2/c1-3-4-5-6-7-8-9-10-11-16-21-19-14-12-18(13-15-19)17(2)20/h3,12-15H,1,4-11,16H2,2H3. The molecule has 0 unspecified atom stereocenters. The van der Waals surface area contributed by atoms with E-state index in [2.05, 4.69) is 6.58 Å². The molecule has 0 N–H and O–H groups in total. The second kappa shape index (κ2) is 11.1. The van der Waals surface area contributed by atoms with E-state index in [1.165, 1.54) is 38.5 Å². The average Bonchev–Trinajstić information content (AvgIpc) is 2.49. The molecule has 0 atom stereocenters. The molecule has 0 fully saturated rings. The van der Waals surface area contributed by atoms with Crippen LogP contribution in [0.2, 0.25) is 0 Å². The molecule has 0 bridgehead atoms. The van der Waals surface area contributed by atoms with Crippen molar-refractivity contribution in [3.8, 4) is 5.75 Å². The predicted octanol–water partition coefficient (Wildman–Crippen LogP) is 5.57. The van der Waals surface area contributed by atoms with Crippen LogP contribution in [0.25, 0.3) is 0 Å². The van der Waals surface area contributed by atoms with Crippen molar-refractivity contribution in [1.29, 1.82) is 0 Å². The molecule has 1 aromatic rings. The molecular formula is C19H28O2. The van der Waals surface area contributed by atoms with E-state index in [1.807, 2.05) is 30.3 Å². The summed E-state index contributed by atoms with van der Waals surface area (Å²) in [6.45, 7) is 6.07. The van der Waals surface area contributed by atoms with E-state index >= 15 is 0 Å². The summed E-state index contributed by atoms with van der Waals surface area (Å²) in [6, 6.07) is 7.38. The van der Waals surface area contributed by atoms with Crippen molar-refractivity contribution in [3.63, 3.8) is 0 Å². The lowest BCUT2D eigenvalue weighted by Gasteiger charge is -2.06. The van der Waals surface area contributed by atoms with E-state index in [0.29, 0.717) is 0 Å². The first-order valence-corrected chi connectivity index (χ1v) is 8.08. The lowest BCUT2D eigenvalue weighted by atomic mass is 10.1. The van der Waals surface area contributed by atoms with Gasteiger partial charge in [-0.25, -0.2) is 0 Å². The zero-order valence-electron chi connectivity index (χ0n) is 13.3. The fourth-order valence-electron chi connectivity index (χ4n) is 2.25. The Balaban J connectivity index is 1.99. The van der Waals surface area contributed by atoms with E-state index in [9.17, 15) is 4.79 Å². The quantitative estimate of drug-likeness (QED) is 0.285. The van der Waals surface area contributed by atoms with Crippen LogP contribution in [-0.2, 0) is 0 Å². The van der Waals surface area contributed by atoms with Crippen LogP contribution in [-0.4, -0.2) is 12.4 Å². The molecule has 116 valence electrons. The van der Waals surface area contributed by atoms with Crippen LogP contribution >= 0.6 is 0 Å². The molecule has 0 heterocycles. The minimum absolute atomic E-state index is 0.0923. The number of carbonyl (C=O) groups is 1. The summed E-state index contributed by atoms with van der Waals surface area (Å²) in [5.74, 6) is 0.944. The van der Waals surface area contributed by atoms with Crippen LogP contribution in [0.3, 0.4) is 0 Å². The first-order chi connectivity index (χ1) is 10.2. The van der Waals surface area contributed by atoms with Gasteiger partial charge in [0.1, 0.15) is 5.75 Å². The average molecular weight is 288 g/mol. The molecule has 0 saturated carbocycles. The molecule has 2 nitrogen and oxygen atoms in total. The van der Waals surface area contributed by atoms with Gasteiger partial charge in [-0.15, -0.1) is 6.58 Å². The highest BCUT2D eigenvalue weighted by atomic mass is 16.5. The minimum Gasteiger partial charge on any atom is -0.494 e. The number of Topliss-reactive ketones (excluding diaryl/α,β-unsaturated/α-hetero) is 1. The van der Waals surface area contributed by atoms with Crippen molar-refractivity contribution in [3.05, 3.63) is 42.5 Å². The first-order valence-electron chi connectivity index (χ1n) is 8.08. The zero-order valence-corrected chi connectivity index (χ0v) is 13.3. The highest BCUT2D eigenvalue weighted by Crippen LogP contribution is 2.14. The lowest BCUT2D eigenvalue weighted by molar-refractivity contribution is 0.101. The fourth-order valence-corrected chi connectivity index (χ4v) is 2.25. The molecule has 0 aliphatic heterocycles. The molecule has 1 aromatic carbocycles. The van der Waals surface area contributed by atoms with Crippen molar-refractivity contribution in [2.24, 2.45) is 0 Å². The highest BCUT2D eigenvalue weighted by Gasteiger charge is 1.99. The largest absolute Gasteiger partial charge is 0.494 e. The molecule has 0 aromatic heterocycles. The van der Waals surface area contributed by atoms with E-state index in [-0.39, 0.29) is 5.78 Å². The van der Waals surface area contributed by atoms with Gasteiger partial charge in [-0.3, -0.25) is 4.79 Å². The van der Waals surface area contributed by atoms with Crippen LogP contribution in [0.1, 0.15) is 68.6 Å². The summed E-state index contributed by atoms with van der Waals surface area (Å²) >= 11 is 0. The van der Waals surface area contributed by atoms with Crippen molar-refractivity contribution < 1.29 is 9.53 Å². The first kappa shape index (κ1) is 17.5. The highest BCUT2D eigenvalue weighted by molar-refractivity contribution is 5.94. The normalized spacial score (nSPS) is 10.3. The lowest BCUT2D eigenvalue weighted by Crippen LogP contribution is -1.98. The topological polar surface area (TPSA) is 26.3 Å². The molecule has 21 heavy (non-hydrogen) atoms. The van der Waals surface area contributed by atoms with Crippen LogP contribution in [0.5, 0.6) is 5.75 Å². The van der Waals surface area contributed by atoms with Gasteiger partial charge in [0, 0.05) is 5.56 Å². The zero-order chi connectivity index (χ0) is 15.3. The Labute approximate surface area is 129 Å². The van der Waals surface area contributed by atoms with Gasteiger partial charge in [0.2, 0.25) is 0 Å². The number of carbonyl (C=O) groups excluding carboxylic acids is 1. The van der Waals surface area contributed by atoms with Gasteiger partial charge in [0.05, 0.1) is 6.61 Å². The second-order valence-electron chi connectivity index (χ2n) is 5.48. The second-order valence-corrected chi connectivity index (χ2v) is 5.48. The Bertz CT molecular complexity index is 406. The molecule has 0 radical (unpaired) electrons. The number of hydrogen-bond acceptors (Lipinski definition) is 2. The monoisotopic (exact) mass is 288 g/mol. The van der Waals surface area contributed by atoms with Crippen LogP contribution in [0.4, 0.5) is 0 Å². The summed E-state index contributed by atoms with van der Waals surface area (Å²) in [6.07, 6.45) is 12.0. The molecule has 0 amide bonds.